The lowest BCUT2D eigenvalue weighted by Gasteiger charge is -2.25. The summed E-state index contributed by atoms with van der Waals surface area (Å²) < 4.78 is 37.2. The summed E-state index contributed by atoms with van der Waals surface area (Å²) in [5.41, 5.74) is 0. The van der Waals surface area contributed by atoms with Crippen molar-refractivity contribution in [3.63, 3.8) is 0 Å². The number of carbonyl (C=O) groups is 1. The molecule has 1 N–H and O–H groups in total. The quantitative estimate of drug-likeness (QED) is 0.243. The van der Waals surface area contributed by atoms with Crippen LogP contribution in [0.2, 0.25) is 0 Å². The normalized spacial score (nSPS) is 32.7. The van der Waals surface area contributed by atoms with E-state index < -0.39 is 15.8 Å². The molecule has 3 fully saturated rings. The Kier molecular flexibility index (Phi) is 8.16. The number of sulfone groups is 1. The van der Waals surface area contributed by atoms with Gasteiger partial charge in [-0.05, 0) is 31.6 Å². The summed E-state index contributed by atoms with van der Waals surface area (Å²) in [5, 5.41) is 8.69. The number of epoxide rings is 1. The molecule has 0 aromatic carbocycles. The molecule has 0 unspecified atom stereocenters. The Morgan fingerprint density at radius 3 is 2.28 bits per heavy atom. The topological polar surface area (TPSA) is 93.2 Å². The highest BCUT2D eigenvalue weighted by Gasteiger charge is 2.68. The van der Waals surface area contributed by atoms with Gasteiger partial charge in [0.2, 0.25) is 0 Å². The number of carboxylic acid groups (broad SMARTS) is 1. The Balaban J connectivity index is 1.46. The molecule has 3 aliphatic rings. The maximum absolute atomic E-state index is 12.7. The van der Waals surface area contributed by atoms with Crippen molar-refractivity contribution in [3.8, 4) is 0 Å². The maximum Gasteiger partial charge on any atom is 0.303 e. The lowest BCUT2D eigenvalue weighted by Crippen LogP contribution is -2.37. The number of unbranched alkanes of at least 4 members (excludes halogenated alkanes) is 6. The smallest absolute Gasteiger partial charge is 0.303 e. The molecule has 0 aliphatic carbocycles. The van der Waals surface area contributed by atoms with Crippen molar-refractivity contribution >= 4 is 15.8 Å². The maximum atomic E-state index is 12.7. The van der Waals surface area contributed by atoms with Gasteiger partial charge < -0.3 is 14.6 Å². The Hall–Kier alpha value is -0.920. The highest BCUT2D eigenvalue weighted by Crippen LogP contribution is 2.55. The number of hydrogen-bond donors (Lipinski definition) is 1. The third-order valence-corrected chi connectivity index (χ3v) is 8.31. The fraction of sp³-hybridized carbons (Fsp3) is 0.864. The zero-order chi connectivity index (χ0) is 20.9. The van der Waals surface area contributed by atoms with Crippen molar-refractivity contribution in [2.45, 2.75) is 95.5 Å². The van der Waals surface area contributed by atoms with Crippen molar-refractivity contribution in [2.24, 2.45) is 11.8 Å². The van der Waals surface area contributed by atoms with E-state index in [4.69, 9.17) is 14.6 Å². The minimum absolute atomic E-state index is 0.0116. The molecular formula is C22H36O6S. The van der Waals surface area contributed by atoms with Gasteiger partial charge in [-0.1, -0.05) is 51.2 Å². The van der Waals surface area contributed by atoms with Crippen LogP contribution >= 0.6 is 0 Å². The van der Waals surface area contributed by atoms with E-state index in [1.807, 2.05) is 6.08 Å². The standard InChI is InChI=1S/C22H36O6S/c1-2-3-4-5-8-11-14-29(25,26)15-17-16(12-9-6-7-10-13-18(23)24)19-21-22(28-21)20(17)27-19/h6,9,16-17,19-22H,2-5,7-8,10-15H2,1H3,(H,23,24)/t16-,17+,19+,20-,21-,22+/m0/s1. The molecule has 0 amide bonds. The van der Waals surface area contributed by atoms with Crippen LogP contribution in [0.15, 0.2) is 12.2 Å². The second-order valence-corrected chi connectivity index (χ2v) is 11.1. The average Bonchev–Trinajstić information content (AvgIpc) is 3.29. The van der Waals surface area contributed by atoms with E-state index in [1.165, 1.54) is 19.3 Å². The molecule has 3 rings (SSSR count). The fourth-order valence-electron chi connectivity index (χ4n) is 4.93. The molecule has 6 nitrogen and oxygen atoms in total. The van der Waals surface area contributed by atoms with E-state index in [0.29, 0.717) is 6.42 Å². The van der Waals surface area contributed by atoms with Crippen LogP contribution in [-0.2, 0) is 24.1 Å². The van der Waals surface area contributed by atoms with Crippen molar-refractivity contribution in [3.05, 3.63) is 12.2 Å². The lowest BCUT2D eigenvalue weighted by atomic mass is 9.78. The first-order valence-electron chi connectivity index (χ1n) is 11.3. The molecule has 166 valence electrons. The number of aliphatic carboxylic acids is 1. The van der Waals surface area contributed by atoms with E-state index >= 15 is 0 Å². The van der Waals surface area contributed by atoms with E-state index in [0.717, 1.165) is 32.1 Å². The number of rotatable bonds is 15. The molecule has 3 saturated heterocycles. The third kappa shape index (κ3) is 6.28. The zero-order valence-corrected chi connectivity index (χ0v) is 18.3. The summed E-state index contributed by atoms with van der Waals surface area (Å²) in [6.07, 6.45) is 13.1. The van der Waals surface area contributed by atoms with Gasteiger partial charge in [-0.25, -0.2) is 8.42 Å². The van der Waals surface area contributed by atoms with Crippen LogP contribution in [0.3, 0.4) is 0 Å². The first-order chi connectivity index (χ1) is 13.9. The summed E-state index contributed by atoms with van der Waals surface area (Å²) >= 11 is 0. The van der Waals surface area contributed by atoms with Gasteiger partial charge in [0.1, 0.15) is 12.2 Å². The van der Waals surface area contributed by atoms with Gasteiger partial charge in [-0.15, -0.1) is 0 Å². The minimum Gasteiger partial charge on any atom is -0.481 e. The van der Waals surface area contributed by atoms with Crippen LogP contribution in [0.5, 0.6) is 0 Å². The van der Waals surface area contributed by atoms with Gasteiger partial charge in [0.15, 0.2) is 9.84 Å². The number of allylic oxidation sites excluding steroid dienone is 2. The molecule has 3 heterocycles. The van der Waals surface area contributed by atoms with Crippen molar-refractivity contribution < 1.29 is 27.8 Å². The monoisotopic (exact) mass is 428 g/mol. The van der Waals surface area contributed by atoms with Crippen LogP contribution in [0.1, 0.15) is 71.1 Å². The van der Waals surface area contributed by atoms with Crippen LogP contribution in [0.25, 0.3) is 0 Å². The van der Waals surface area contributed by atoms with Crippen molar-refractivity contribution in [2.75, 3.05) is 11.5 Å². The predicted octanol–water partition coefficient (Wildman–Crippen LogP) is 3.74. The van der Waals surface area contributed by atoms with Gasteiger partial charge >= 0.3 is 5.97 Å². The van der Waals surface area contributed by atoms with E-state index in [1.54, 1.807) is 0 Å². The highest BCUT2D eigenvalue weighted by atomic mass is 32.2. The summed E-state index contributed by atoms with van der Waals surface area (Å²) in [6.45, 7) is 2.18. The van der Waals surface area contributed by atoms with Crippen LogP contribution in [0.4, 0.5) is 0 Å². The molecule has 7 heteroatoms. The largest absolute Gasteiger partial charge is 0.481 e. The molecule has 3 aliphatic heterocycles. The zero-order valence-electron chi connectivity index (χ0n) is 17.5. The van der Waals surface area contributed by atoms with Gasteiger partial charge in [-0.3, -0.25) is 4.79 Å². The Bertz CT molecular complexity index is 673. The van der Waals surface area contributed by atoms with E-state index in [-0.39, 0.29) is 54.2 Å². The number of carboxylic acids is 1. The Labute approximate surface area is 175 Å². The Morgan fingerprint density at radius 2 is 1.55 bits per heavy atom. The average molecular weight is 429 g/mol. The van der Waals surface area contributed by atoms with Gasteiger partial charge in [0, 0.05) is 12.3 Å². The van der Waals surface area contributed by atoms with Crippen molar-refractivity contribution in [1.82, 2.24) is 0 Å². The number of fused-ring (bicyclic) bond motifs is 5. The minimum atomic E-state index is -3.09. The van der Waals surface area contributed by atoms with Crippen molar-refractivity contribution in [1.29, 1.82) is 0 Å². The van der Waals surface area contributed by atoms with Crippen LogP contribution in [0, 0.1) is 11.8 Å². The van der Waals surface area contributed by atoms with E-state index in [2.05, 4.69) is 13.0 Å². The first kappa shape index (κ1) is 22.8. The molecule has 29 heavy (non-hydrogen) atoms. The van der Waals surface area contributed by atoms with Crippen LogP contribution in [-0.4, -0.2) is 55.4 Å². The second kappa shape index (κ2) is 10.4. The molecule has 0 spiro atoms. The third-order valence-electron chi connectivity index (χ3n) is 6.51. The number of hydrogen-bond acceptors (Lipinski definition) is 5. The van der Waals surface area contributed by atoms with E-state index in [9.17, 15) is 13.2 Å². The fourth-order valence-corrected chi connectivity index (χ4v) is 6.76. The molecule has 0 radical (unpaired) electrons. The summed E-state index contributed by atoms with van der Waals surface area (Å²) in [6, 6.07) is 0. The second-order valence-electron chi connectivity index (χ2n) is 8.83. The molecule has 0 aromatic rings. The summed E-state index contributed by atoms with van der Waals surface area (Å²) in [7, 11) is -3.09. The molecule has 6 atom stereocenters. The summed E-state index contributed by atoms with van der Waals surface area (Å²) in [5.74, 6) is -0.101. The SMILES string of the molecule is CCCCCCCCS(=O)(=O)C[C@@H]1[C@H](CC=CCCCC(=O)O)[C@H]2O[C@@H]1[C@H]1O[C@H]12. The molecular weight excluding hydrogens is 392 g/mol. The van der Waals surface area contributed by atoms with Gasteiger partial charge in [-0.2, -0.15) is 0 Å². The lowest BCUT2D eigenvalue weighted by molar-refractivity contribution is -0.137. The predicted molar refractivity (Wildman–Crippen MR) is 112 cm³/mol. The first-order valence-corrected chi connectivity index (χ1v) is 13.1. The molecule has 0 aromatic heterocycles. The molecule has 2 bridgehead atoms. The van der Waals surface area contributed by atoms with Crippen LogP contribution < -0.4 is 0 Å². The summed E-state index contributed by atoms with van der Waals surface area (Å²) in [4.78, 5) is 10.6. The van der Waals surface area contributed by atoms with Gasteiger partial charge in [0.25, 0.3) is 0 Å². The molecule has 0 saturated carbocycles. The highest BCUT2D eigenvalue weighted by molar-refractivity contribution is 7.91. The number of ether oxygens (including phenoxy) is 2. The van der Waals surface area contributed by atoms with Gasteiger partial charge in [0.05, 0.1) is 23.7 Å². The Morgan fingerprint density at radius 1 is 0.897 bits per heavy atom.